The van der Waals surface area contributed by atoms with Gasteiger partial charge in [0.1, 0.15) is 23.6 Å². The number of anilines is 1. The highest BCUT2D eigenvalue weighted by Crippen LogP contribution is 2.30. The summed E-state index contributed by atoms with van der Waals surface area (Å²) in [5.74, 6) is 0.675. The van der Waals surface area contributed by atoms with Gasteiger partial charge in [-0.1, -0.05) is 26.8 Å². The molecule has 176 valence electrons. The fraction of sp³-hybridized carbons (Fsp3) is 0.280. The number of hydrogen-bond acceptors (Lipinski definition) is 6. The minimum atomic E-state index is -0.556. The van der Waals surface area contributed by atoms with E-state index in [1.54, 1.807) is 36.1 Å². The predicted octanol–water partition coefficient (Wildman–Crippen LogP) is 4.78. The second-order valence-electron chi connectivity index (χ2n) is 8.93. The number of fused-ring (bicyclic) bond motifs is 1. The Morgan fingerprint density at radius 3 is 2.53 bits per heavy atom. The number of carbonyl (C=O) groups excluding carboxylic acids is 1. The number of nitrogens with one attached hydrogen (secondary N) is 1. The Hall–Kier alpha value is -4.01. The second-order valence-corrected chi connectivity index (χ2v) is 8.93. The van der Waals surface area contributed by atoms with Crippen LogP contribution >= 0.6 is 0 Å². The van der Waals surface area contributed by atoms with Gasteiger partial charge in [0.05, 0.1) is 24.4 Å². The lowest BCUT2D eigenvalue weighted by Crippen LogP contribution is -2.16. The SMILES string of the molecule is COc1ccc2ncnc(Oc3ccc(CC(=O)Nc4cc(C(C)(C)C)n(C)n4)c(F)c3)c2c1. The van der Waals surface area contributed by atoms with E-state index in [1.807, 2.05) is 13.1 Å². The summed E-state index contributed by atoms with van der Waals surface area (Å²) in [6.07, 6.45) is 1.24. The molecule has 0 bridgehead atoms. The molecule has 4 rings (SSSR count). The summed E-state index contributed by atoms with van der Waals surface area (Å²) < 4.78 is 27.6. The predicted molar refractivity (Wildman–Crippen MR) is 127 cm³/mol. The number of nitrogens with zero attached hydrogens (tertiary/aromatic N) is 4. The average molecular weight is 464 g/mol. The van der Waals surface area contributed by atoms with Gasteiger partial charge in [-0.05, 0) is 29.8 Å². The number of hydrogen-bond donors (Lipinski definition) is 1. The molecule has 0 aliphatic rings. The maximum atomic E-state index is 14.8. The molecule has 0 saturated carbocycles. The van der Waals surface area contributed by atoms with Gasteiger partial charge in [-0.15, -0.1) is 0 Å². The monoisotopic (exact) mass is 463 g/mol. The van der Waals surface area contributed by atoms with Gasteiger partial charge in [0, 0.05) is 30.3 Å². The van der Waals surface area contributed by atoms with Gasteiger partial charge in [0.2, 0.25) is 11.8 Å². The molecule has 2 aromatic carbocycles. The third kappa shape index (κ3) is 4.98. The average Bonchev–Trinajstić information content (AvgIpc) is 3.16. The zero-order valence-corrected chi connectivity index (χ0v) is 19.7. The highest BCUT2D eigenvalue weighted by molar-refractivity contribution is 5.91. The molecule has 0 spiro atoms. The fourth-order valence-corrected chi connectivity index (χ4v) is 3.66. The number of aromatic nitrogens is 4. The molecule has 9 heteroatoms. The molecule has 4 aromatic rings. The van der Waals surface area contributed by atoms with E-state index < -0.39 is 5.82 Å². The van der Waals surface area contributed by atoms with Crippen LogP contribution in [0.2, 0.25) is 0 Å². The number of rotatable bonds is 6. The lowest BCUT2D eigenvalue weighted by atomic mass is 9.92. The maximum absolute atomic E-state index is 14.8. The van der Waals surface area contributed by atoms with Crippen molar-refractivity contribution in [2.45, 2.75) is 32.6 Å². The van der Waals surface area contributed by atoms with Crippen molar-refractivity contribution in [1.82, 2.24) is 19.7 Å². The second kappa shape index (κ2) is 9.09. The van der Waals surface area contributed by atoms with E-state index in [2.05, 4.69) is 41.2 Å². The highest BCUT2D eigenvalue weighted by Gasteiger charge is 2.20. The van der Waals surface area contributed by atoms with Crippen molar-refractivity contribution in [2.75, 3.05) is 12.4 Å². The lowest BCUT2D eigenvalue weighted by molar-refractivity contribution is -0.115. The Morgan fingerprint density at radius 1 is 1.09 bits per heavy atom. The number of ether oxygens (including phenoxy) is 2. The van der Waals surface area contributed by atoms with Crippen LogP contribution in [0.25, 0.3) is 10.9 Å². The lowest BCUT2D eigenvalue weighted by Gasteiger charge is -2.17. The molecule has 34 heavy (non-hydrogen) atoms. The van der Waals surface area contributed by atoms with Gasteiger partial charge in [-0.25, -0.2) is 14.4 Å². The Labute approximate surface area is 196 Å². The first-order valence-corrected chi connectivity index (χ1v) is 10.7. The Kier molecular flexibility index (Phi) is 6.19. The van der Waals surface area contributed by atoms with Crippen LogP contribution in [0, 0.1) is 5.82 Å². The molecule has 0 aliphatic heterocycles. The fourth-order valence-electron chi connectivity index (χ4n) is 3.66. The summed E-state index contributed by atoms with van der Waals surface area (Å²) in [6, 6.07) is 11.5. The first kappa shape index (κ1) is 23.2. The van der Waals surface area contributed by atoms with Crippen molar-refractivity contribution < 1.29 is 18.7 Å². The van der Waals surface area contributed by atoms with E-state index in [0.29, 0.717) is 22.5 Å². The van der Waals surface area contributed by atoms with Crippen LogP contribution in [0.1, 0.15) is 32.0 Å². The van der Waals surface area contributed by atoms with Crippen LogP contribution in [0.4, 0.5) is 10.2 Å². The van der Waals surface area contributed by atoms with E-state index in [4.69, 9.17) is 9.47 Å². The first-order chi connectivity index (χ1) is 16.1. The van der Waals surface area contributed by atoms with Crippen LogP contribution in [0.15, 0.2) is 48.8 Å². The molecular weight excluding hydrogens is 437 g/mol. The van der Waals surface area contributed by atoms with Crippen LogP contribution in [-0.2, 0) is 23.7 Å². The molecule has 8 nitrogen and oxygen atoms in total. The van der Waals surface area contributed by atoms with Crippen molar-refractivity contribution in [2.24, 2.45) is 7.05 Å². The first-order valence-electron chi connectivity index (χ1n) is 10.7. The molecule has 2 heterocycles. The zero-order chi connectivity index (χ0) is 24.5. The summed E-state index contributed by atoms with van der Waals surface area (Å²) >= 11 is 0. The van der Waals surface area contributed by atoms with Crippen molar-refractivity contribution in [3.05, 3.63) is 65.9 Å². The molecule has 1 amide bonds. The zero-order valence-electron chi connectivity index (χ0n) is 19.7. The van der Waals surface area contributed by atoms with Crippen LogP contribution < -0.4 is 14.8 Å². The third-order valence-corrected chi connectivity index (χ3v) is 5.31. The summed E-state index contributed by atoms with van der Waals surface area (Å²) in [7, 11) is 3.39. The van der Waals surface area contributed by atoms with Crippen molar-refractivity contribution in [1.29, 1.82) is 0 Å². The summed E-state index contributed by atoms with van der Waals surface area (Å²) in [6.45, 7) is 6.19. The largest absolute Gasteiger partial charge is 0.497 e. The van der Waals surface area contributed by atoms with Gasteiger partial charge in [-0.2, -0.15) is 5.10 Å². The van der Waals surface area contributed by atoms with Gasteiger partial charge in [0.25, 0.3) is 0 Å². The molecule has 1 N–H and O–H groups in total. The molecule has 0 radical (unpaired) electrons. The summed E-state index contributed by atoms with van der Waals surface area (Å²) in [5, 5.41) is 7.70. The summed E-state index contributed by atoms with van der Waals surface area (Å²) in [4.78, 5) is 20.9. The van der Waals surface area contributed by atoms with Crippen molar-refractivity contribution in [3.63, 3.8) is 0 Å². The number of benzene rings is 2. The molecule has 0 atom stereocenters. The van der Waals surface area contributed by atoms with Crippen LogP contribution in [0.5, 0.6) is 17.4 Å². The van der Waals surface area contributed by atoms with Gasteiger partial charge < -0.3 is 14.8 Å². The Morgan fingerprint density at radius 2 is 1.85 bits per heavy atom. The number of amides is 1. The van der Waals surface area contributed by atoms with Crippen molar-refractivity contribution >= 4 is 22.6 Å². The normalized spacial score (nSPS) is 11.5. The van der Waals surface area contributed by atoms with Crippen LogP contribution in [0.3, 0.4) is 0 Å². The standard InChI is InChI=1S/C25H26FN5O3/c1-25(2,3)21-13-22(30-31(21)4)29-23(32)10-15-6-7-17(12-19(15)26)34-24-18-11-16(33-5)8-9-20(18)27-14-28-24/h6-9,11-14H,10H2,1-5H3,(H,29,30,32). The maximum Gasteiger partial charge on any atom is 0.230 e. The van der Waals surface area contributed by atoms with E-state index in [1.165, 1.54) is 18.5 Å². The quantitative estimate of drug-likeness (QED) is 0.442. The summed E-state index contributed by atoms with van der Waals surface area (Å²) in [5.41, 5.74) is 1.77. The highest BCUT2D eigenvalue weighted by atomic mass is 19.1. The molecule has 0 aliphatic carbocycles. The van der Waals surface area contributed by atoms with E-state index in [-0.39, 0.29) is 34.9 Å². The smallest absolute Gasteiger partial charge is 0.230 e. The van der Waals surface area contributed by atoms with Crippen LogP contribution in [-0.4, -0.2) is 32.8 Å². The molecule has 2 aromatic heterocycles. The molecule has 0 fully saturated rings. The Balaban J connectivity index is 1.48. The molecule has 0 unspecified atom stereocenters. The van der Waals surface area contributed by atoms with E-state index in [0.717, 1.165) is 5.69 Å². The van der Waals surface area contributed by atoms with Gasteiger partial charge in [-0.3, -0.25) is 9.48 Å². The minimum absolute atomic E-state index is 0.118. The Bertz CT molecular complexity index is 1360. The topological polar surface area (TPSA) is 91.2 Å². The van der Waals surface area contributed by atoms with Gasteiger partial charge in [0.15, 0.2) is 5.82 Å². The molecule has 0 saturated heterocycles. The van der Waals surface area contributed by atoms with E-state index >= 15 is 0 Å². The molecular formula is C25H26FN5O3. The number of methoxy groups -OCH3 is 1. The number of carbonyl (C=O) groups is 1. The van der Waals surface area contributed by atoms with Gasteiger partial charge >= 0.3 is 0 Å². The van der Waals surface area contributed by atoms with Crippen molar-refractivity contribution in [3.8, 4) is 17.4 Å². The van der Waals surface area contributed by atoms with E-state index in [9.17, 15) is 9.18 Å². The number of aryl methyl sites for hydroxylation is 1. The number of halogens is 1. The third-order valence-electron chi connectivity index (χ3n) is 5.31. The minimum Gasteiger partial charge on any atom is -0.497 e.